The molecule has 1 N–H and O–H groups in total. The second kappa shape index (κ2) is 9.49. The first-order valence-corrected chi connectivity index (χ1v) is 11.8. The number of amides is 1. The van der Waals surface area contributed by atoms with Crippen LogP contribution in [-0.4, -0.2) is 33.4 Å². The number of aromatic amines is 1. The van der Waals surface area contributed by atoms with E-state index in [-0.39, 0.29) is 17.3 Å². The second-order valence-electron chi connectivity index (χ2n) is 10.1. The molecular formula is C27H30N4O5. The lowest BCUT2D eigenvalue weighted by molar-refractivity contribution is 0.0587. The van der Waals surface area contributed by atoms with Crippen LogP contribution in [0, 0.1) is 5.92 Å². The number of aromatic nitrogens is 3. The van der Waals surface area contributed by atoms with Gasteiger partial charge in [0.05, 0.1) is 0 Å². The van der Waals surface area contributed by atoms with E-state index in [9.17, 15) is 14.4 Å². The average molecular weight is 491 g/mol. The Morgan fingerprint density at radius 3 is 2.36 bits per heavy atom. The number of rotatable bonds is 5. The van der Waals surface area contributed by atoms with Gasteiger partial charge in [0, 0.05) is 30.1 Å². The maximum atomic E-state index is 13.8. The fourth-order valence-corrected chi connectivity index (χ4v) is 4.13. The molecule has 36 heavy (non-hydrogen) atoms. The van der Waals surface area contributed by atoms with Crippen molar-refractivity contribution >= 4 is 22.7 Å². The summed E-state index contributed by atoms with van der Waals surface area (Å²) in [6.45, 7) is 9.81. The quantitative estimate of drug-likeness (QED) is 0.420. The molecule has 0 aliphatic carbocycles. The molecule has 2 aromatic heterocycles. The highest BCUT2D eigenvalue weighted by Crippen LogP contribution is 2.38. The number of carbonyl (C=O) groups is 1. The molecule has 0 atom stereocenters. The number of hydrogen-bond acceptors (Lipinski definition) is 6. The van der Waals surface area contributed by atoms with E-state index in [1.54, 1.807) is 50.6 Å². The van der Waals surface area contributed by atoms with E-state index >= 15 is 0 Å². The minimum absolute atomic E-state index is 0.133. The Labute approximate surface area is 208 Å². The van der Waals surface area contributed by atoms with Crippen LogP contribution in [0.25, 0.3) is 33.3 Å². The highest BCUT2D eigenvalue weighted by molar-refractivity contribution is 6.06. The first-order valence-electron chi connectivity index (χ1n) is 11.8. The lowest BCUT2D eigenvalue weighted by Crippen LogP contribution is -2.38. The van der Waals surface area contributed by atoms with Crippen LogP contribution in [0.2, 0.25) is 0 Å². The number of nitrogens with one attached hydrogen (secondary N) is 1. The number of anilines is 1. The Bertz CT molecular complexity index is 1520. The average Bonchev–Trinajstić information content (AvgIpc) is 3.25. The van der Waals surface area contributed by atoms with Crippen LogP contribution in [0.4, 0.5) is 10.6 Å². The number of benzene rings is 2. The van der Waals surface area contributed by atoms with E-state index in [0.29, 0.717) is 34.3 Å². The van der Waals surface area contributed by atoms with Crippen molar-refractivity contribution in [2.45, 2.75) is 46.8 Å². The van der Waals surface area contributed by atoms with Crippen molar-refractivity contribution in [1.29, 1.82) is 0 Å². The first kappa shape index (κ1) is 25.0. The van der Waals surface area contributed by atoms with Gasteiger partial charge in [0.1, 0.15) is 11.4 Å². The molecule has 0 radical (unpaired) electrons. The topological polar surface area (TPSA) is 110 Å². The standard InChI is InChI=1S/C27H30N4O5/c1-16(2)15-31-23(30(6)26(34)35-27(3,4)5)21(17-10-8-7-9-11-17)20-14-18(12-13-19(20)24(31)32)22-28-25(33)36-29-22/h7-14,16H,15H2,1-6H3,(H,28,29,33). The largest absolute Gasteiger partial charge is 0.443 e. The molecule has 1 amide bonds. The summed E-state index contributed by atoms with van der Waals surface area (Å²) in [5.74, 6) is 0.127. The molecule has 4 rings (SSSR count). The van der Waals surface area contributed by atoms with Crippen LogP contribution < -0.4 is 16.2 Å². The zero-order valence-corrected chi connectivity index (χ0v) is 21.3. The van der Waals surface area contributed by atoms with Gasteiger partial charge in [0.15, 0.2) is 5.82 Å². The number of fused-ring (bicyclic) bond motifs is 1. The predicted octanol–water partition coefficient (Wildman–Crippen LogP) is 5.04. The number of nitrogens with zero attached hydrogens (tertiary/aromatic N) is 3. The fraction of sp³-hybridized carbons (Fsp3) is 0.333. The molecule has 0 saturated carbocycles. The second-order valence-corrected chi connectivity index (χ2v) is 10.1. The first-order chi connectivity index (χ1) is 17.0. The van der Waals surface area contributed by atoms with Crippen molar-refractivity contribution in [3.8, 4) is 22.5 Å². The van der Waals surface area contributed by atoms with E-state index in [1.165, 1.54) is 4.90 Å². The summed E-state index contributed by atoms with van der Waals surface area (Å²) in [4.78, 5) is 42.6. The van der Waals surface area contributed by atoms with E-state index in [4.69, 9.17) is 4.74 Å². The van der Waals surface area contributed by atoms with Gasteiger partial charge in [0.25, 0.3) is 5.56 Å². The minimum Gasteiger partial charge on any atom is -0.443 e. The number of hydrogen-bond donors (Lipinski definition) is 1. The molecule has 2 aromatic carbocycles. The molecular weight excluding hydrogens is 460 g/mol. The molecule has 0 aliphatic rings. The normalized spacial score (nSPS) is 11.8. The van der Waals surface area contributed by atoms with Crippen LogP contribution in [0.1, 0.15) is 34.6 Å². The zero-order valence-electron chi connectivity index (χ0n) is 21.3. The molecule has 0 spiro atoms. The van der Waals surface area contributed by atoms with E-state index in [1.807, 2.05) is 44.2 Å². The molecule has 0 fully saturated rings. The summed E-state index contributed by atoms with van der Waals surface area (Å²) >= 11 is 0. The highest BCUT2D eigenvalue weighted by atomic mass is 16.6. The number of carbonyl (C=O) groups excluding carboxylic acids is 1. The van der Waals surface area contributed by atoms with Crippen LogP contribution in [0.5, 0.6) is 0 Å². The SMILES string of the molecule is CC(C)Cn1c(N(C)C(=O)OC(C)(C)C)c(-c2ccccc2)c2cc(-c3noc(=O)[nH]3)ccc2c1=O. The van der Waals surface area contributed by atoms with Gasteiger partial charge in [-0.05, 0) is 49.8 Å². The predicted molar refractivity (Wildman–Crippen MR) is 139 cm³/mol. The third kappa shape index (κ3) is 4.95. The van der Waals surface area contributed by atoms with Gasteiger partial charge < -0.3 is 4.74 Å². The van der Waals surface area contributed by atoms with E-state index < -0.39 is 17.5 Å². The Morgan fingerprint density at radius 2 is 1.78 bits per heavy atom. The van der Waals surface area contributed by atoms with Crippen molar-refractivity contribution in [3.63, 3.8) is 0 Å². The molecule has 2 heterocycles. The van der Waals surface area contributed by atoms with Gasteiger partial charge in [-0.1, -0.05) is 55.4 Å². The highest BCUT2D eigenvalue weighted by Gasteiger charge is 2.28. The van der Waals surface area contributed by atoms with Crippen LogP contribution in [0.3, 0.4) is 0 Å². The Morgan fingerprint density at radius 1 is 1.08 bits per heavy atom. The number of ether oxygens (including phenoxy) is 1. The van der Waals surface area contributed by atoms with Crippen molar-refractivity contribution < 1.29 is 14.1 Å². The van der Waals surface area contributed by atoms with Gasteiger partial charge in [0.2, 0.25) is 0 Å². The lowest BCUT2D eigenvalue weighted by Gasteiger charge is -2.29. The molecule has 188 valence electrons. The molecule has 0 bridgehead atoms. The summed E-state index contributed by atoms with van der Waals surface area (Å²) in [5, 5.41) is 4.88. The van der Waals surface area contributed by atoms with Crippen molar-refractivity contribution in [3.05, 3.63) is 69.4 Å². The Kier molecular flexibility index (Phi) is 6.58. The van der Waals surface area contributed by atoms with Gasteiger partial charge in [-0.2, -0.15) is 0 Å². The molecule has 9 heteroatoms. The maximum Gasteiger partial charge on any atom is 0.439 e. The summed E-state index contributed by atoms with van der Waals surface area (Å²) in [7, 11) is 1.61. The summed E-state index contributed by atoms with van der Waals surface area (Å²) < 4.78 is 12.0. The van der Waals surface area contributed by atoms with E-state index in [0.717, 1.165) is 5.56 Å². The molecule has 0 unspecified atom stereocenters. The van der Waals surface area contributed by atoms with Gasteiger partial charge in [-0.3, -0.25) is 23.8 Å². The molecule has 0 saturated heterocycles. The monoisotopic (exact) mass is 490 g/mol. The summed E-state index contributed by atoms with van der Waals surface area (Å²) in [5.41, 5.74) is 1.12. The van der Waals surface area contributed by atoms with Crippen molar-refractivity contribution in [2.75, 3.05) is 11.9 Å². The Balaban J connectivity index is 2.11. The third-order valence-electron chi connectivity index (χ3n) is 5.55. The minimum atomic E-state index is -0.718. The number of H-pyrrole nitrogens is 1. The van der Waals surface area contributed by atoms with Crippen molar-refractivity contribution in [2.24, 2.45) is 5.92 Å². The van der Waals surface area contributed by atoms with Gasteiger partial charge in [-0.25, -0.2) is 9.59 Å². The van der Waals surface area contributed by atoms with Crippen molar-refractivity contribution in [1.82, 2.24) is 14.7 Å². The van der Waals surface area contributed by atoms with Crippen LogP contribution >= 0.6 is 0 Å². The van der Waals surface area contributed by atoms with Crippen LogP contribution in [-0.2, 0) is 11.3 Å². The Hall–Kier alpha value is -4.14. The molecule has 0 aliphatic heterocycles. The third-order valence-corrected chi connectivity index (χ3v) is 5.55. The molecule has 4 aromatic rings. The molecule has 9 nitrogen and oxygen atoms in total. The summed E-state index contributed by atoms with van der Waals surface area (Å²) in [6.07, 6.45) is -0.576. The van der Waals surface area contributed by atoms with E-state index in [2.05, 4.69) is 14.7 Å². The number of pyridine rings is 1. The van der Waals surface area contributed by atoms with Gasteiger partial charge in [-0.15, -0.1) is 0 Å². The van der Waals surface area contributed by atoms with Gasteiger partial charge >= 0.3 is 11.8 Å². The lowest BCUT2D eigenvalue weighted by atomic mass is 9.96. The maximum absolute atomic E-state index is 13.8. The van der Waals surface area contributed by atoms with Crippen LogP contribution in [0.15, 0.2) is 62.6 Å². The summed E-state index contributed by atoms with van der Waals surface area (Å²) in [6, 6.07) is 14.7. The zero-order chi connectivity index (χ0) is 26.2. The fourth-order valence-electron chi connectivity index (χ4n) is 4.13. The smallest absolute Gasteiger partial charge is 0.439 e.